The van der Waals surface area contributed by atoms with Gasteiger partial charge in [-0.3, -0.25) is 0 Å². The van der Waals surface area contributed by atoms with Gasteiger partial charge in [0.2, 0.25) is 5.95 Å². The van der Waals surface area contributed by atoms with E-state index < -0.39 is 0 Å². The Morgan fingerprint density at radius 3 is 2.92 bits per heavy atom. The minimum Gasteiger partial charge on any atom is -0.465 e. The van der Waals surface area contributed by atoms with Gasteiger partial charge in [-0.15, -0.1) is 0 Å². The maximum Gasteiger partial charge on any atom is 0.337 e. The Balaban J connectivity index is 1.59. The van der Waals surface area contributed by atoms with Gasteiger partial charge in [0.1, 0.15) is 5.82 Å². The van der Waals surface area contributed by atoms with E-state index in [1.165, 1.54) is 12.7 Å². The van der Waals surface area contributed by atoms with Gasteiger partial charge in [-0.2, -0.15) is 4.98 Å². The van der Waals surface area contributed by atoms with E-state index in [-0.39, 0.29) is 5.97 Å². The summed E-state index contributed by atoms with van der Waals surface area (Å²) < 4.78 is 4.76. The van der Waals surface area contributed by atoms with E-state index >= 15 is 0 Å². The van der Waals surface area contributed by atoms with Crippen LogP contribution in [0.2, 0.25) is 0 Å². The molecule has 1 N–H and O–H groups in total. The topological polar surface area (TPSA) is 67.3 Å². The van der Waals surface area contributed by atoms with Crippen molar-refractivity contribution in [1.29, 1.82) is 0 Å². The third kappa shape index (κ3) is 3.09. The lowest BCUT2D eigenvalue weighted by Crippen LogP contribution is -2.16. The number of aromatic nitrogens is 2. The number of hydrogen-bond donors (Lipinski definition) is 1. The van der Waals surface area contributed by atoms with E-state index in [4.69, 9.17) is 4.74 Å². The number of fused-ring (bicyclic) bond motifs is 1. The summed E-state index contributed by atoms with van der Waals surface area (Å²) in [5.41, 5.74) is 3.71. The van der Waals surface area contributed by atoms with Gasteiger partial charge in [-0.1, -0.05) is 24.3 Å². The summed E-state index contributed by atoms with van der Waals surface area (Å²) >= 11 is 0. The highest BCUT2D eigenvalue weighted by Gasteiger charge is 2.21. The highest BCUT2D eigenvalue weighted by molar-refractivity contribution is 5.90. The molecule has 0 saturated heterocycles. The number of benzene rings is 2. The van der Waals surface area contributed by atoms with Gasteiger partial charge >= 0.3 is 5.97 Å². The molecule has 2 aromatic carbocycles. The zero-order valence-electron chi connectivity index (χ0n) is 14.3. The second kappa shape index (κ2) is 6.84. The number of para-hydroxylation sites is 1. The summed E-state index contributed by atoms with van der Waals surface area (Å²) in [6.07, 6.45) is 2.72. The van der Waals surface area contributed by atoms with Gasteiger partial charge in [-0.05, 0) is 42.3 Å². The van der Waals surface area contributed by atoms with E-state index in [0.717, 1.165) is 24.3 Å². The minimum atomic E-state index is -0.370. The molecule has 6 nitrogen and oxygen atoms in total. The summed E-state index contributed by atoms with van der Waals surface area (Å²) in [4.78, 5) is 22.8. The van der Waals surface area contributed by atoms with Crippen LogP contribution >= 0.6 is 0 Å². The molecule has 0 saturated carbocycles. The van der Waals surface area contributed by atoms with Crippen LogP contribution in [0.1, 0.15) is 15.9 Å². The molecule has 0 unspecified atom stereocenters. The molecule has 1 aromatic heterocycles. The van der Waals surface area contributed by atoms with Gasteiger partial charge in [0, 0.05) is 24.1 Å². The lowest BCUT2D eigenvalue weighted by atomic mass is 10.2. The number of anilines is 4. The summed E-state index contributed by atoms with van der Waals surface area (Å²) in [6, 6.07) is 17.2. The van der Waals surface area contributed by atoms with Crippen LogP contribution in [0.25, 0.3) is 0 Å². The van der Waals surface area contributed by atoms with Gasteiger partial charge in [0.15, 0.2) is 0 Å². The summed E-state index contributed by atoms with van der Waals surface area (Å²) in [7, 11) is 1.37. The zero-order valence-corrected chi connectivity index (χ0v) is 14.3. The minimum absolute atomic E-state index is 0.370. The predicted molar refractivity (Wildman–Crippen MR) is 100 cm³/mol. The molecule has 2 heterocycles. The van der Waals surface area contributed by atoms with Crippen LogP contribution in [0.3, 0.4) is 0 Å². The first-order valence-corrected chi connectivity index (χ1v) is 8.38. The molecule has 1 aliphatic heterocycles. The second-order valence-corrected chi connectivity index (χ2v) is 5.97. The number of nitrogens with one attached hydrogen (secondary N) is 1. The van der Waals surface area contributed by atoms with Crippen molar-refractivity contribution in [2.45, 2.75) is 6.42 Å². The average Bonchev–Trinajstić information content (AvgIpc) is 3.12. The second-order valence-electron chi connectivity index (χ2n) is 5.97. The molecule has 0 amide bonds. The molecule has 0 fully saturated rings. The van der Waals surface area contributed by atoms with Crippen molar-refractivity contribution >= 4 is 29.1 Å². The molecule has 1 aliphatic rings. The van der Waals surface area contributed by atoms with Crippen molar-refractivity contribution < 1.29 is 9.53 Å². The Morgan fingerprint density at radius 2 is 2.04 bits per heavy atom. The van der Waals surface area contributed by atoms with E-state index in [9.17, 15) is 4.79 Å². The fourth-order valence-corrected chi connectivity index (χ4v) is 3.08. The van der Waals surface area contributed by atoms with Crippen LogP contribution in [0, 0.1) is 0 Å². The van der Waals surface area contributed by atoms with E-state index in [1.807, 2.05) is 12.1 Å². The predicted octanol–water partition coefficient (Wildman–Crippen LogP) is 3.70. The number of esters is 1. The molecule has 0 radical (unpaired) electrons. The van der Waals surface area contributed by atoms with E-state index in [1.54, 1.807) is 30.5 Å². The first-order valence-electron chi connectivity index (χ1n) is 8.38. The smallest absolute Gasteiger partial charge is 0.337 e. The molecule has 0 bridgehead atoms. The average molecular weight is 346 g/mol. The van der Waals surface area contributed by atoms with Crippen LogP contribution in [0.4, 0.5) is 23.1 Å². The van der Waals surface area contributed by atoms with Crippen LogP contribution in [0.15, 0.2) is 60.8 Å². The van der Waals surface area contributed by atoms with Gasteiger partial charge in [0.05, 0.1) is 12.7 Å². The van der Waals surface area contributed by atoms with E-state index in [0.29, 0.717) is 17.3 Å². The Hall–Kier alpha value is -3.41. The first-order chi connectivity index (χ1) is 12.7. The highest BCUT2D eigenvalue weighted by Crippen LogP contribution is 2.32. The Morgan fingerprint density at radius 1 is 1.15 bits per heavy atom. The van der Waals surface area contributed by atoms with E-state index in [2.05, 4.69) is 38.4 Å². The van der Waals surface area contributed by atoms with Crippen LogP contribution in [-0.2, 0) is 11.2 Å². The third-order valence-corrected chi connectivity index (χ3v) is 4.33. The quantitative estimate of drug-likeness (QED) is 0.727. The largest absolute Gasteiger partial charge is 0.465 e. The monoisotopic (exact) mass is 346 g/mol. The number of carbonyl (C=O) groups excluding carboxylic acids is 1. The molecule has 6 heteroatoms. The molecule has 0 spiro atoms. The molecule has 0 aliphatic carbocycles. The molecule has 4 rings (SSSR count). The van der Waals surface area contributed by atoms with Crippen molar-refractivity contribution in [3.05, 3.63) is 71.9 Å². The van der Waals surface area contributed by atoms with Crippen LogP contribution < -0.4 is 10.2 Å². The van der Waals surface area contributed by atoms with Crippen molar-refractivity contribution in [3.63, 3.8) is 0 Å². The fourth-order valence-electron chi connectivity index (χ4n) is 3.08. The Labute approximate surface area is 151 Å². The normalized spacial score (nSPS) is 12.6. The molecular formula is C20H18N4O2. The number of hydrogen-bond acceptors (Lipinski definition) is 6. The lowest BCUT2D eigenvalue weighted by molar-refractivity contribution is 0.0601. The Kier molecular flexibility index (Phi) is 4.23. The number of rotatable bonds is 4. The zero-order chi connectivity index (χ0) is 17.9. The lowest BCUT2D eigenvalue weighted by Gasteiger charge is -2.17. The van der Waals surface area contributed by atoms with Crippen molar-refractivity contribution in [2.75, 3.05) is 23.9 Å². The van der Waals surface area contributed by atoms with Crippen LogP contribution in [-0.4, -0.2) is 29.6 Å². The highest BCUT2D eigenvalue weighted by atomic mass is 16.5. The molecule has 0 atom stereocenters. The molecule has 26 heavy (non-hydrogen) atoms. The number of carbonyl (C=O) groups is 1. The van der Waals surface area contributed by atoms with Gasteiger partial charge in [-0.25, -0.2) is 9.78 Å². The fraction of sp³-hybridized carbons (Fsp3) is 0.150. The molecular weight excluding hydrogens is 328 g/mol. The van der Waals surface area contributed by atoms with Crippen molar-refractivity contribution in [2.24, 2.45) is 0 Å². The number of methoxy groups -OCH3 is 1. The summed E-state index contributed by atoms with van der Waals surface area (Å²) in [5, 5.41) is 3.23. The Bertz CT molecular complexity index is 958. The SMILES string of the molecule is COC(=O)c1cccc(Nc2ccnc(N3CCc4ccccc43)n2)c1. The summed E-state index contributed by atoms with van der Waals surface area (Å²) in [6.45, 7) is 0.862. The van der Waals surface area contributed by atoms with Gasteiger partial charge in [0.25, 0.3) is 0 Å². The van der Waals surface area contributed by atoms with Crippen molar-refractivity contribution in [1.82, 2.24) is 9.97 Å². The van der Waals surface area contributed by atoms with Gasteiger partial charge < -0.3 is 15.0 Å². The third-order valence-electron chi connectivity index (χ3n) is 4.33. The molecule has 3 aromatic rings. The maximum atomic E-state index is 11.7. The number of nitrogens with zero attached hydrogens (tertiary/aromatic N) is 3. The molecule has 130 valence electrons. The first kappa shape index (κ1) is 16.1. The standard InChI is InChI=1S/C20H18N4O2/c1-26-19(25)15-6-4-7-16(13-15)22-18-9-11-21-20(23-18)24-12-10-14-5-2-3-8-17(14)24/h2-9,11,13H,10,12H2,1H3,(H,21,22,23). The van der Waals surface area contributed by atoms with Crippen LogP contribution in [0.5, 0.6) is 0 Å². The van der Waals surface area contributed by atoms with Crippen molar-refractivity contribution in [3.8, 4) is 0 Å². The summed E-state index contributed by atoms with van der Waals surface area (Å²) in [5.74, 6) is 0.955. The maximum absolute atomic E-state index is 11.7. The number of ether oxygens (including phenoxy) is 1.